The van der Waals surface area contributed by atoms with E-state index in [1.807, 2.05) is 24.8 Å². The lowest BCUT2D eigenvalue weighted by molar-refractivity contribution is 1.33. The van der Waals surface area contributed by atoms with Crippen molar-refractivity contribution in [2.75, 3.05) is 0 Å². The molecule has 0 amide bonds. The van der Waals surface area contributed by atoms with Crippen LogP contribution in [-0.4, -0.2) is 9.97 Å². The van der Waals surface area contributed by atoms with Crippen LogP contribution in [0.25, 0.3) is 76.8 Å². The van der Waals surface area contributed by atoms with E-state index in [9.17, 15) is 0 Å². The van der Waals surface area contributed by atoms with E-state index in [1.54, 1.807) is 0 Å². The summed E-state index contributed by atoms with van der Waals surface area (Å²) in [5.74, 6) is 0. The van der Waals surface area contributed by atoms with E-state index >= 15 is 0 Å². The van der Waals surface area contributed by atoms with Crippen LogP contribution in [0.15, 0.2) is 158 Å². The Bertz CT molecular complexity index is 2160. The van der Waals surface area contributed by atoms with Gasteiger partial charge in [-0.2, -0.15) is 0 Å². The van der Waals surface area contributed by atoms with Crippen molar-refractivity contribution in [2.24, 2.45) is 0 Å². The van der Waals surface area contributed by atoms with Crippen molar-refractivity contribution in [3.05, 3.63) is 158 Å². The Balaban J connectivity index is 1.38. The molecule has 0 saturated heterocycles. The van der Waals surface area contributed by atoms with E-state index in [0.29, 0.717) is 0 Å². The van der Waals surface area contributed by atoms with E-state index in [-0.39, 0.29) is 0 Å². The van der Waals surface area contributed by atoms with Gasteiger partial charge in [0, 0.05) is 24.8 Å². The normalized spacial score (nSPS) is 11.3. The molecule has 8 rings (SSSR count). The molecule has 0 N–H and O–H groups in total. The van der Waals surface area contributed by atoms with Gasteiger partial charge in [0.05, 0.1) is 0 Å². The molecule has 2 heteroatoms. The third-order valence-electron chi connectivity index (χ3n) is 8.24. The van der Waals surface area contributed by atoms with Gasteiger partial charge in [0.25, 0.3) is 0 Å². The third-order valence-corrected chi connectivity index (χ3v) is 8.24. The molecule has 2 aromatic heterocycles. The van der Waals surface area contributed by atoms with Crippen molar-refractivity contribution in [3.8, 4) is 44.5 Å². The lowest BCUT2D eigenvalue weighted by atomic mass is 9.89. The largest absolute Gasteiger partial charge is 0.265 e. The summed E-state index contributed by atoms with van der Waals surface area (Å²) >= 11 is 0. The molecule has 42 heavy (non-hydrogen) atoms. The number of benzene rings is 6. The Morgan fingerprint density at radius 2 is 0.619 bits per heavy atom. The van der Waals surface area contributed by atoms with Gasteiger partial charge in [0.15, 0.2) is 0 Å². The van der Waals surface area contributed by atoms with Gasteiger partial charge in [-0.15, -0.1) is 0 Å². The summed E-state index contributed by atoms with van der Waals surface area (Å²) in [6.07, 6.45) is 7.41. The maximum Gasteiger partial charge on any atom is 0.0273 e. The first-order chi connectivity index (χ1) is 20.8. The third kappa shape index (κ3) is 4.22. The second kappa shape index (κ2) is 10.1. The minimum absolute atomic E-state index is 1.15. The molecule has 0 aliphatic heterocycles. The van der Waals surface area contributed by atoms with Crippen LogP contribution in [0.5, 0.6) is 0 Å². The number of aromatic nitrogens is 2. The molecule has 2 nitrogen and oxygen atoms in total. The van der Waals surface area contributed by atoms with Crippen LogP contribution in [0.3, 0.4) is 0 Å². The number of nitrogens with zero attached hydrogens (tertiary/aromatic N) is 2. The molecule has 0 spiro atoms. The Morgan fingerprint density at radius 1 is 0.238 bits per heavy atom. The predicted octanol–water partition coefficient (Wildman–Crippen LogP) is 10.6. The molecule has 196 valence electrons. The zero-order valence-electron chi connectivity index (χ0n) is 22.9. The summed E-state index contributed by atoms with van der Waals surface area (Å²) in [5.41, 5.74) is 9.46. The van der Waals surface area contributed by atoms with Gasteiger partial charge in [0.2, 0.25) is 0 Å². The van der Waals surface area contributed by atoms with Crippen molar-refractivity contribution in [1.29, 1.82) is 0 Å². The fraction of sp³-hybridized carbons (Fsp3) is 0. The highest BCUT2D eigenvalue weighted by atomic mass is 14.6. The van der Waals surface area contributed by atoms with E-state index in [0.717, 1.165) is 22.3 Å². The Kier molecular flexibility index (Phi) is 5.82. The van der Waals surface area contributed by atoms with Crippen molar-refractivity contribution >= 4 is 32.3 Å². The monoisotopic (exact) mass is 534 g/mol. The first-order valence-electron chi connectivity index (χ1n) is 14.2. The van der Waals surface area contributed by atoms with Crippen LogP contribution in [0, 0.1) is 0 Å². The summed E-state index contributed by atoms with van der Waals surface area (Å²) in [6.45, 7) is 0. The van der Waals surface area contributed by atoms with Crippen molar-refractivity contribution in [2.45, 2.75) is 0 Å². The second-order valence-corrected chi connectivity index (χ2v) is 10.7. The van der Waals surface area contributed by atoms with E-state index in [2.05, 4.69) is 143 Å². The standard InChI is InChI=1S/C40H26N2/c1-2-6-27(7-3-1)30-10-13-38-39(25-30)36-9-5-4-8-35(36)37-12-11-31(26-40(37)38)34-23-32(28-14-18-41-19-15-28)22-33(24-34)29-16-20-42-21-17-29/h1-26H. The summed E-state index contributed by atoms with van der Waals surface area (Å²) in [6, 6.07) is 48.4. The zero-order valence-corrected chi connectivity index (χ0v) is 22.9. The zero-order chi connectivity index (χ0) is 27.9. The average Bonchev–Trinajstić information content (AvgIpc) is 3.09. The van der Waals surface area contributed by atoms with Crippen LogP contribution in [0.4, 0.5) is 0 Å². The number of pyridine rings is 2. The quantitative estimate of drug-likeness (QED) is 0.210. The Labute approximate surface area is 244 Å². The van der Waals surface area contributed by atoms with Crippen LogP contribution in [-0.2, 0) is 0 Å². The van der Waals surface area contributed by atoms with Crippen LogP contribution >= 0.6 is 0 Å². The molecule has 0 fully saturated rings. The minimum Gasteiger partial charge on any atom is -0.265 e. The lowest BCUT2D eigenvalue weighted by Gasteiger charge is -2.15. The fourth-order valence-electron chi connectivity index (χ4n) is 6.16. The first-order valence-corrected chi connectivity index (χ1v) is 14.2. The van der Waals surface area contributed by atoms with E-state index < -0.39 is 0 Å². The van der Waals surface area contributed by atoms with Crippen LogP contribution in [0.1, 0.15) is 0 Å². The summed E-state index contributed by atoms with van der Waals surface area (Å²) < 4.78 is 0. The molecule has 6 aromatic carbocycles. The topological polar surface area (TPSA) is 25.8 Å². The number of hydrogen-bond acceptors (Lipinski definition) is 2. The van der Waals surface area contributed by atoms with Gasteiger partial charge < -0.3 is 0 Å². The molecule has 0 radical (unpaired) electrons. The SMILES string of the molecule is c1ccc(-c2ccc3c(c2)c2ccccc2c2ccc(-c4cc(-c5ccncc5)cc(-c5ccncc5)c4)cc23)cc1. The van der Waals surface area contributed by atoms with Crippen molar-refractivity contribution < 1.29 is 0 Å². The summed E-state index contributed by atoms with van der Waals surface area (Å²) in [5, 5.41) is 7.64. The smallest absolute Gasteiger partial charge is 0.0273 e. The van der Waals surface area contributed by atoms with Crippen molar-refractivity contribution in [1.82, 2.24) is 9.97 Å². The highest BCUT2D eigenvalue weighted by molar-refractivity contribution is 6.26. The van der Waals surface area contributed by atoms with Crippen molar-refractivity contribution in [3.63, 3.8) is 0 Å². The maximum atomic E-state index is 4.24. The number of hydrogen-bond donors (Lipinski definition) is 0. The number of rotatable bonds is 4. The minimum atomic E-state index is 1.15. The first kappa shape index (κ1) is 24.2. The molecule has 8 aromatic rings. The van der Waals surface area contributed by atoms with E-state index in [1.165, 1.54) is 54.6 Å². The molecule has 0 atom stereocenters. The molecule has 0 bridgehead atoms. The maximum absolute atomic E-state index is 4.24. The summed E-state index contributed by atoms with van der Waals surface area (Å²) in [7, 11) is 0. The van der Waals surface area contributed by atoms with Gasteiger partial charge in [-0.05, 0) is 131 Å². The van der Waals surface area contributed by atoms with Crippen LogP contribution < -0.4 is 0 Å². The lowest BCUT2D eigenvalue weighted by Crippen LogP contribution is -1.88. The summed E-state index contributed by atoms with van der Waals surface area (Å²) in [4.78, 5) is 8.47. The number of fused-ring (bicyclic) bond motifs is 6. The Hall–Kier alpha value is -5.60. The van der Waals surface area contributed by atoms with Gasteiger partial charge in [-0.3, -0.25) is 9.97 Å². The van der Waals surface area contributed by atoms with Gasteiger partial charge in [-0.1, -0.05) is 78.9 Å². The highest BCUT2D eigenvalue weighted by Crippen LogP contribution is 2.40. The molecule has 0 aliphatic rings. The predicted molar refractivity (Wildman–Crippen MR) is 176 cm³/mol. The molecule has 0 unspecified atom stereocenters. The van der Waals surface area contributed by atoms with Gasteiger partial charge >= 0.3 is 0 Å². The van der Waals surface area contributed by atoms with E-state index in [4.69, 9.17) is 0 Å². The van der Waals surface area contributed by atoms with Gasteiger partial charge in [0.1, 0.15) is 0 Å². The molecular weight excluding hydrogens is 508 g/mol. The molecule has 0 saturated carbocycles. The molecular formula is C40H26N2. The Morgan fingerprint density at radius 3 is 1.17 bits per heavy atom. The van der Waals surface area contributed by atoms with Gasteiger partial charge in [-0.25, -0.2) is 0 Å². The highest BCUT2D eigenvalue weighted by Gasteiger charge is 2.13. The average molecular weight is 535 g/mol. The fourth-order valence-corrected chi connectivity index (χ4v) is 6.16. The molecule has 0 aliphatic carbocycles. The van der Waals surface area contributed by atoms with Crippen LogP contribution in [0.2, 0.25) is 0 Å². The second-order valence-electron chi connectivity index (χ2n) is 10.7. The molecule has 2 heterocycles.